The lowest BCUT2D eigenvalue weighted by molar-refractivity contribution is 0.0423. The van der Waals surface area contributed by atoms with Crippen molar-refractivity contribution in [1.82, 2.24) is 0 Å². The molecule has 92 valence electrons. The fraction of sp³-hybridized carbons (Fsp3) is 0.867. The molecule has 0 aliphatic heterocycles. The van der Waals surface area contributed by atoms with E-state index in [9.17, 15) is 5.11 Å². The van der Waals surface area contributed by atoms with Crippen molar-refractivity contribution in [2.45, 2.75) is 65.4 Å². The monoisotopic (exact) mass is 222 g/mol. The smallest absolute Gasteiger partial charge is 0.0653 e. The first kappa shape index (κ1) is 12.2. The van der Waals surface area contributed by atoms with E-state index < -0.39 is 0 Å². The molecule has 4 atom stereocenters. The summed E-state index contributed by atoms with van der Waals surface area (Å²) in [4.78, 5) is 0. The molecule has 2 fully saturated rings. The van der Waals surface area contributed by atoms with Crippen molar-refractivity contribution >= 4 is 0 Å². The molecule has 2 unspecified atom stereocenters. The van der Waals surface area contributed by atoms with E-state index in [1.807, 2.05) is 6.92 Å². The zero-order valence-electron chi connectivity index (χ0n) is 11.2. The molecule has 0 spiro atoms. The van der Waals surface area contributed by atoms with Crippen molar-refractivity contribution in [2.75, 3.05) is 0 Å². The number of fused-ring (bicyclic) bond motifs is 1. The summed E-state index contributed by atoms with van der Waals surface area (Å²) in [6.07, 6.45) is 8.39. The van der Waals surface area contributed by atoms with E-state index in [1.54, 1.807) is 0 Å². The van der Waals surface area contributed by atoms with Crippen LogP contribution in [0.4, 0.5) is 0 Å². The quantitative estimate of drug-likeness (QED) is 0.715. The minimum absolute atomic E-state index is 0.356. The van der Waals surface area contributed by atoms with Crippen molar-refractivity contribution in [1.29, 1.82) is 0 Å². The Hall–Kier alpha value is -0.300. The minimum atomic E-state index is -0.356. The highest BCUT2D eigenvalue weighted by Gasteiger charge is 2.67. The summed E-state index contributed by atoms with van der Waals surface area (Å²) in [5.41, 5.74) is 1.58. The van der Waals surface area contributed by atoms with Crippen LogP contribution in [-0.2, 0) is 0 Å². The van der Waals surface area contributed by atoms with Gasteiger partial charge in [-0.1, -0.05) is 18.6 Å². The van der Waals surface area contributed by atoms with Gasteiger partial charge < -0.3 is 5.11 Å². The second-order valence-corrected chi connectivity index (χ2v) is 6.61. The Morgan fingerprint density at radius 1 is 1.44 bits per heavy atom. The van der Waals surface area contributed by atoms with E-state index in [4.69, 9.17) is 0 Å². The van der Waals surface area contributed by atoms with Crippen molar-refractivity contribution in [2.24, 2.45) is 17.3 Å². The Morgan fingerprint density at radius 2 is 2.12 bits per heavy atom. The fourth-order valence-corrected chi connectivity index (χ4v) is 3.80. The molecule has 1 N–H and O–H groups in total. The molecule has 1 heteroatoms. The Bertz CT molecular complexity index is 299. The Morgan fingerprint density at radius 3 is 2.56 bits per heavy atom. The molecule has 0 aromatic heterocycles. The number of allylic oxidation sites excluding steroid dienone is 2. The molecule has 2 aliphatic carbocycles. The van der Waals surface area contributed by atoms with Gasteiger partial charge in [0.2, 0.25) is 0 Å². The van der Waals surface area contributed by atoms with Gasteiger partial charge >= 0.3 is 0 Å². The number of hydrogen-bond donors (Lipinski definition) is 1. The van der Waals surface area contributed by atoms with Crippen LogP contribution < -0.4 is 0 Å². The average molecular weight is 222 g/mol. The minimum Gasteiger partial charge on any atom is -0.390 e. The zero-order valence-corrected chi connectivity index (χ0v) is 11.2. The molecule has 2 saturated carbocycles. The van der Waals surface area contributed by atoms with Gasteiger partial charge in [0, 0.05) is 0 Å². The van der Waals surface area contributed by atoms with Gasteiger partial charge in [-0.15, -0.1) is 0 Å². The first-order valence-electron chi connectivity index (χ1n) is 6.74. The molecule has 16 heavy (non-hydrogen) atoms. The number of aliphatic hydroxyl groups is 1. The van der Waals surface area contributed by atoms with E-state index >= 15 is 0 Å². The third kappa shape index (κ3) is 1.95. The molecule has 0 aromatic carbocycles. The summed E-state index contributed by atoms with van der Waals surface area (Å²) in [7, 11) is 0. The highest BCUT2D eigenvalue weighted by Crippen LogP contribution is 2.71. The largest absolute Gasteiger partial charge is 0.390 e. The van der Waals surface area contributed by atoms with Crippen molar-refractivity contribution < 1.29 is 5.11 Å². The van der Waals surface area contributed by atoms with Crippen LogP contribution in [0.25, 0.3) is 0 Å². The predicted octanol–water partition coefficient (Wildman–Crippen LogP) is 3.92. The maximum absolute atomic E-state index is 10.2. The SMILES string of the molecule is CC(C)=CCCC(C)[C@]12CC[C@@](C)(O)C1C2. The molecule has 0 radical (unpaired) electrons. The maximum Gasteiger partial charge on any atom is 0.0653 e. The molecule has 0 bridgehead atoms. The van der Waals surface area contributed by atoms with E-state index in [2.05, 4.69) is 26.8 Å². The van der Waals surface area contributed by atoms with Crippen LogP contribution in [0.1, 0.15) is 59.8 Å². The second-order valence-electron chi connectivity index (χ2n) is 6.61. The standard InChI is InChI=1S/C15H26O/c1-11(2)6-5-7-12(3)15-9-8-14(4,16)13(15)10-15/h6,12-13,16H,5,7-10H2,1-4H3/t12?,13?,14-,15-/m1/s1. The van der Waals surface area contributed by atoms with Crippen molar-refractivity contribution in [3.63, 3.8) is 0 Å². The van der Waals surface area contributed by atoms with E-state index in [1.165, 1.54) is 31.3 Å². The third-order valence-corrected chi connectivity index (χ3v) is 5.10. The molecule has 0 aromatic rings. The summed E-state index contributed by atoms with van der Waals surface area (Å²) >= 11 is 0. The lowest BCUT2D eigenvalue weighted by atomic mass is 9.84. The highest BCUT2D eigenvalue weighted by molar-refractivity contribution is 5.17. The van der Waals surface area contributed by atoms with Gasteiger partial charge in [0.1, 0.15) is 0 Å². The molecule has 1 nitrogen and oxygen atoms in total. The van der Waals surface area contributed by atoms with Gasteiger partial charge in [-0.25, -0.2) is 0 Å². The van der Waals surface area contributed by atoms with Crippen LogP contribution in [0.2, 0.25) is 0 Å². The summed E-state index contributed by atoms with van der Waals surface area (Å²) in [6, 6.07) is 0. The molecule has 0 heterocycles. The van der Waals surface area contributed by atoms with Crippen LogP contribution in [-0.4, -0.2) is 10.7 Å². The molecule has 2 rings (SSSR count). The van der Waals surface area contributed by atoms with Crippen LogP contribution in [0.15, 0.2) is 11.6 Å². The topological polar surface area (TPSA) is 20.2 Å². The summed E-state index contributed by atoms with van der Waals surface area (Å²) < 4.78 is 0. The number of hydrogen-bond acceptors (Lipinski definition) is 1. The van der Waals surface area contributed by atoms with Gasteiger partial charge in [-0.05, 0) is 70.1 Å². The highest BCUT2D eigenvalue weighted by atomic mass is 16.3. The average Bonchev–Trinajstić information content (AvgIpc) is 2.85. The molecular weight excluding hydrogens is 196 g/mol. The number of rotatable bonds is 4. The van der Waals surface area contributed by atoms with Crippen LogP contribution in [0.3, 0.4) is 0 Å². The molecular formula is C15H26O. The Labute approximate surface area is 99.9 Å². The lowest BCUT2D eigenvalue weighted by Crippen LogP contribution is -2.23. The van der Waals surface area contributed by atoms with Crippen molar-refractivity contribution in [3.8, 4) is 0 Å². The van der Waals surface area contributed by atoms with Gasteiger partial charge in [0.25, 0.3) is 0 Å². The second kappa shape index (κ2) is 3.87. The van der Waals surface area contributed by atoms with Crippen LogP contribution in [0, 0.1) is 17.3 Å². The van der Waals surface area contributed by atoms with Gasteiger partial charge in [-0.3, -0.25) is 0 Å². The van der Waals surface area contributed by atoms with E-state index in [-0.39, 0.29) is 5.60 Å². The van der Waals surface area contributed by atoms with E-state index in [0.717, 1.165) is 12.3 Å². The van der Waals surface area contributed by atoms with Crippen LogP contribution in [0.5, 0.6) is 0 Å². The normalized spacial score (nSPS) is 42.7. The van der Waals surface area contributed by atoms with Crippen LogP contribution >= 0.6 is 0 Å². The summed E-state index contributed by atoms with van der Waals surface area (Å²) in [6.45, 7) is 8.77. The van der Waals surface area contributed by atoms with E-state index in [0.29, 0.717) is 11.3 Å². The van der Waals surface area contributed by atoms with Gasteiger partial charge in [0.15, 0.2) is 0 Å². The first-order valence-corrected chi connectivity index (χ1v) is 6.74. The maximum atomic E-state index is 10.2. The molecule has 0 saturated heterocycles. The summed E-state index contributed by atoms with van der Waals surface area (Å²) in [5.74, 6) is 1.38. The lowest BCUT2D eigenvalue weighted by Gasteiger charge is -2.21. The van der Waals surface area contributed by atoms with Gasteiger partial charge in [-0.2, -0.15) is 0 Å². The Balaban J connectivity index is 1.88. The van der Waals surface area contributed by atoms with Gasteiger partial charge in [0.05, 0.1) is 5.60 Å². The third-order valence-electron chi connectivity index (χ3n) is 5.10. The predicted molar refractivity (Wildman–Crippen MR) is 68.2 cm³/mol. The molecule has 2 aliphatic rings. The van der Waals surface area contributed by atoms with Crippen molar-refractivity contribution in [3.05, 3.63) is 11.6 Å². The molecule has 0 amide bonds. The zero-order chi connectivity index (χ0) is 12.0. The summed E-state index contributed by atoms with van der Waals surface area (Å²) in [5, 5.41) is 10.2. The Kier molecular flexibility index (Phi) is 2.94. The fourth-order valence-electron chi connectivity index (χ4n) is 3.80. The first-order chi connectivity index (χ1) is 7.38.